The molecule has 1 aromatic heterocycles. The smallest absolute Gasteiger partial charge is 0.143 e. The van der Waals surface area contributed by atoms with E-state index in [0.29, 0.717) is 0 Å². The molecule has 0 saturated carbocycles. The average Bonchev–Trinajstić information content (AvgIpc) is 3.96. The topological polar surface area (TPSA) is 16.4 Å². The molecule has 2 nitrogen and oxygen atoms in total. The zero-order valence-electron chi connectivity index (χ0n) is 37.8. The number of furan rings is 1. The van der Waals surface area contributed by atoms with Gasteiger partial charge < -0.3 is 9.32 Å². The van der Waals surface area contributed by atoms with Crippen LogP contribution >= 0.6 is 0 Å². The lowest BCUT2D eigenvalue weighted by Crippen LogP contribution is -2.28. The molecule has 0 amide bonds. The molecule has 324 valence electrons. The first-order valence-corrected chi connectivity index (χ1v) is 23.7. The van der Waals surface area contributed by atoms with E-state index in [0.717, 1.165) is 61.3 Å². The fourth-order valence-electron chi connectivity index (χ4n) is 11.0. The Morgan fingerprint density at radius 2 is 0.739 bits per heavy atom. The lowest BCUT2D eigenvalue weighted by Gasteiger charge is -2.33. The molecule has 69 heavy (non-hydrogen) atoms. The van der Waals surface area contributed by atoms with Crippen molar-refractivity contribution in [2.75, 3.05) is 4.90 Å². The van der Waals surface area contributed by atoms with Gasteiger partial charge in [0, 0.05) is 33.4 Å². The van der Waals surface area contributed by atoms with Gasteiger partial charge in [0.25, 0.3) is 0 Å². The minimum atomic E-state index is -0.412. The van der Waals surface area contributed by atoms with E-state index in [1.807, 2.05) is 12.1 Å². The summed E-state index contributed by atoms with van der Waals surface area (Å²) in [4.78, 5) is 2.36. The molecule has 2 heteroatoms. The third kappa shape index (κ3) is 6.80. The fraction of sp³-hybridized carbons (Fsp3) is 0.0149. The first-order chi connectivity index (χ1) is 34.2. The van der Waals surface area contributed by atoms with E-state index in [4.69, 9.17) is 4.42 Å². The Morgan fingerprint density at radius 1 is 0.275 bits per heavy atom. The summed E-state index contributed by atoms with van der Waals surface area (Å²) in [5.74, 6) is 0. The van der Waals surface area contributed by atoms with Crippen molar-refractivity contribution in [3.63, 3.8) is 0 Å². The maximum atomic E-state index is 6.45. The lowest BCUT2D eigenvalue weighted by atomic mass is 9.67. The number of fused-ring (bicyclic) bond motifs is 6. The van der Waals surface area contributed by atoms with Crippen LogP contribution in [0.1, 0.15) is 22.3 Å². The molecule has 0 saturated heterocycles. The Morgan fingerprint density at radius 3 is 1.41 bits per heavy atom. The Hall–Kier alpha value is -8.98. The van der Waals surface area contributed by atoms with Crippen LogP contribution in [-0.4, -0.2) is 0 Å². The second-order valence-corrected chi connectivity index (χ2v) is 18.0. The molecule has 0 radical (unpaired) electrons. The maximum Gasteiger partial charge on any atom is 0.143 e. The van der Waals surface area contributed by atoms with Crippen LogP contribution in [0.5, 0.6) is 0 Å². The van der Waals surface area contributed by atoms with Crippen LogP contribution in [0.4, 0.5) is 17.1 Å². The van der Waals surface area contributed by atoms with Crippen LogP contribution in [0.15, 0.2) is 277 Å². The van der Waals surface area contributed by atoms with Crippen LogP contribution in [0.25, 0.3) is 77.6 Å². The van der Waals surface area contributed by atoms with Gasteiger partial charge in [-0.1, -0.05) is 224 Å². The van der Waals surface area contributed by atoms with Crippen LogP contribution in [-0.2, 0) is 5.41 Å². The Kier molecular flexibility index (Phi) is 9.77. The highest BCUT2D eigenvalue weighted by Gasteiger charge is 2.46. The fourth-order valence-corrected chi connectivity index (χ4v) is 11.0. The number of rotatable bonds is 9. The molecule has 13 rings (SSSR count). The molecule has 12 aromatic rings. The summed E-state index contributed by atoms with van der Waals surface area (Å²) in [5.41, 5.74) is 21.6. The lowest BCUT2D eigenvalue weighted by molar-refractivity contribution is 0.670. The molecular weight excluding hydrogens is 835 g/mol. The second-order valence-electron chi connectivity index (χ2n) is 18.0. The van der Waals surface area contributed by atoms with Crippen LogP contribution in [0.2, 0.25) is 0 Å². The van der Waals surface area contributed by atoms with Crippen molar-refractivity contribution < 1.29 is 4.42 Å². The van der Waals surface area contributed by atoms with E-state index in [1.54, 1.807) is 0 Å². The monoisotopic (exact) mass is 879 g/mol. The van der Waals surface area contributed by atoms with Gasteiger partial charge in [-0.25, -0.2) is 0 Å². The highest BCUT2D eigenvalue weighted by Crippen LogP contribution is 2.56. The van der Waals surface area contributed by atoms with E-state index in [9.17, 15) is 0 Å². The number of para-hydroxylation sites is 2. The van der Waals surface area contributed by atoms with Crippen molar-refractivity contribution in [3.8, 4) is 55.6 Å². The molecule has 0 atom stereocenters. The van der Waals surface area contributed by atoms with Gasteiger partial charge in [0.1, 0.15) is 11.2 Å². The van der Waals surface area contributed by atoms with Gasteiger partial charge in [-0.3, -0.25) is 0 Å². The van der Waals surface area contributed by atoms with Gasteiger partial charge in [-0.15, -0.1) is 0 Å². The van der Waals surface area contributed by atoms with Crippen molar-refractivity contribution in [1.29, 1.82) is 0 Å². The first kappa shape index (κ1) is 40.3. The van der Waals surface area contributed by atoms with Crippen LogP contribution in [0, 0.1) is 0 Å². The molecule has 11 aromatic carbocycles. The minimum absolute atomic E-state index is 0.412. The maximum absolute atomic E-state index is 6.45. The first-order valence-electron chi connectivity index (χ1n) is 23.7. The van der Waals surface area contributed by atoms with Crippen molar-refractivity contribution in [2.24, 2.45) is 0 Å². The summed E-state index contributed by atoms with van der Waals surface area (Å²) < 4.78 is 6.45. The van der Waals surface area contributed by atoms with E-state index < -0.39 is 5.41 Å². The quantitative estimate of drug-likeness (QED) is 0.144. The van der Waals surface area contributed by atoms with Crippen molar-refractivity contribution in [3.05, 3.63) is 295 Å². The normalized spacial score (nSPS) is 12.5. The summed E-state index contributed by atoms with van der Waals surface area (Å²) >= 11 is 0. The highest BCUT2D eigenvalue weighted by molar-refractivity contribution is 6.09. The molecule has 0 aliphatic heterocycles. The summed E-state index contributed by atoms with van der Waals surface area (Å²) in [5, 5.41) is 2.26. The molecule has 1 aliphatic carbocycles. The van der Waals surface area contributed by atoms with Crippen molar-refractivity contribution in [1.82, 2.24) is 0 Å². The zero-order valence-corrected chi connectivity index (χ0v) is 37.8. The SMILES string of the molecule is c1ccc(-c2cccc(N(c3ccc(-c4cccc5c4oc4ccccc45)cc3)c3cccc(-c4ccc(-c5ccc6c(c5)-c5ccccc5C6(c5ccccc5)c5ccccc5)cc4)c3)c2)cc1. The van der Waals surface area contributed by atoms with Crippen LogP contribution < -0.4 is 4.90 Å². The zero-order chi connectivity index (χ0) is 45.7. The Balaban J connectivity index is 0.867. The van der Waals surface area contributed by atoms with Crippen molar-refractivity contribution >= 4 is 39.0 Å². The summed E-state index contributed by atoms with van der Waals surface area (Å²) in [7, 11) is 0. The highest BCUT2D eigenvalue weighted by atomic mass is 16.3. The summed E-state index contributed by atoms with van der Waals surface area (Å²) in [6, 6.07) is 99.1. The van der Waals surface area contributed by atoms with E-state index in [-0.39, 0.29) is 0 Å². The average molecular weight is 880 g/mol. The number of hydrogen-bond donors (Lipinski definition) is 0. The second kappa shape index (κ2) is 16.7. The summed E-state index contributed by atoms with van der Waals surface area (Å²) in [6.07, 6.45) is 0. The molecular formula is C67H45NO. The molecule has 0 spiro atoms. The van der Waals surface area contributed by atoms with E-state index in [1.165, 1.54) is 55.6 Å². The van der Waals surface area contributed by atoms with Gasteiger partial charge in [0.2, 0.25) is 0 Å². The van der Waals surface area contributed by atoms with Gasteiger partial charge in [0.15, 0.2) is 0 Å². The molecule has 1 aliphatic rings. The summed E-state index contributed by atoms with van der Waals surface area (Å²) in [6.45, 7) is 0. The largest absolute Gasteiger partial charge is 0.455 e. The molecule has 0 bridgehead atoms. The number of nitrogens with zero attached hydrogens (tertiary/aromatic N) is 1. The third-order valence-corrected chi connectivity index (χ3v) is 14.2. The van der Waals surface area contributed by atoms with Gasteiger partial charge in [-0.2, -0.15) is 0 Å². The Labute approximate surface area is 402 Å². The van der Waals surface area contributed by atoms with Gasteiger partial charge in [0.05, 0.1) is 5.41 Å². The standard InChI is InChI=1S/C67H45NO/c1-4-17-46(18-5-1)50-19-14-25-56(43-50)68(55-40-37-49(38-41-55)58-29-16-30-61-60-28-11-13-32-65(60)69-66(58)61)57-26-15-20-51(44-57)47-33-35-48(36-34-47)52-39-42-64-62(45-52)59-27-10-12-31-63(59)67(64,53-21-6-2-7-22-53)54-23-8-3-9-24-54/h1-45H. The van der Waals surface area contributed by atoms with E-state index in [2.05, 4.69) is 266 Å². The minimum Gasteiger partial charge on any atom is -0.455 e. The molecule has 0 fully saturated rings. The number of anilines is 3. The molecule has 0 unspecified atom stereocenters. The van der Waals surface area contributed by atoms with Gasteiger partial charge in [-0.05, 0) is 121 Å². The van der Waals surface area contributed by atoms with Gasteiger partial charge >= 0.3 is 0 Å². The number of hydrogen-bond acceptors (Lipinski definition) is 2. The van der Waals surface area contributed by atoms with E-state index >= 15 is 0 Å². The number of benzene rings is 11. The molecule has 1 heterocycles. The predicted octanol–water partition coefficient (Wildman–Crippen LogP) is 18.1. The van der Waals surface area contributed by atoms with Crippen molar-refractivity contribution in [2.45, 2.75) is 5.41 Å². The predicted molar refractivity (Wildman–Crippen MR) is 287 cm³/mol. The third-order valence-electron chi connectivity index (χ3n) is 14.2. The molecule has 0 N–H and O–H groups in total. The van der Waals surface area contributed by atoms with Crippen LogP contribution in [0.3, 0.4) is 0 Å². The Bertz CT molecular complexity index is 3780.